The molecule has 2 heterocycles. The summed E-state index contributed by atoms with van der Waals surface area (Å²) in [4.78, 5) is 32.9. The van der Waals surface area contributed by atoms with Crippen molar-refractivity contribution in [3.63, 3.8) is 0 Å². The van der Waals surface area contributed by atoms with Crippen molar-refractivity contribution in [2.45, 2.75) is 0 Å². The molecule has 9 heteroatoms. The van der Waals surface area contributed by atoms with E-state index < -0.39 is 0 Å². The molecular formula is C16H14ClN5O3. The molecular weight excluding hydrogens is 346 g/mol. The van der Waals surface area contributed by atoms with E-state index in [1.807, 2.05) is 6.07 Å². The maximum atomic E-state index is 11.5. The van der Waals surface area contributed by atoms with Crippen LogP contribution in [0.1, 0.15) is 10.4 Å². The first-order valence-corrected chi connectivity index (χ1v) is 7.45. The fourth-order valence-electron chi connectivity index (χ4n) is 1.87. The normalized spacial score (nSPS) is 9.68. The Kier molecular flexibility index (Phi) is 6.19. The van der Waals surface area contributed by atoms with E-state index in [9.17, 15) is 14.4 Å². The van der Waals surface area contributed by atoms with Gasteiger partial charge in [-0.1, -0.05) is 23.7 Å². The van der Waals surface area contributed by atoms with Crippen LogP contribution < -0.4 is 16.4 Å². The number of benzene rings is 1. The summed E-state index contributed by atoms with van der Waals surface area (Å²) in [6, 6.07) is 9.72. The summed E-state index contributed by atoms with van der Waals surface area (Å²) in [5.41, 5.74) is 1.46. The number of amides is 1. The minimum Gasteiger partial charge on any atom is -0.355 e. The lowest BCUT2D eigenvalue weighted by Gasteiger charge is -2.03. The third-order valence-electron chi connectivity index (χ3n) is 2.98. The molecule has 0 atom stereocenters. The highest BCUT2D eigenvalue weighted by molar-refractivity contribution is 6.30. The predicted molar refractivity (Wildman–Crippen MR) is 93.6 cm³/mol. The van der Waals surface area contributed by atoms with E-state index in [4.69, 9.17) is 11.6 Å². The Morgan fingerprint density at radius 3 is 2.24 bits per heavy atom. The van der Waals surface area contributed by atoms with Crippen LogP contribution in [0, 0.1) is 0 Å². The molecule has 0 saturated heterocycles. The summed E-state index contributed by atoms with van der Waals surface area (Å²) in [5, 5.41) is 14.5. The molecule has 0 unspecified atom stereocenters. The number of nitrogens with zero attached hydrogens (tertiary/aromatic N) is 2. The van der Waals surface area contributed by atoms with E-state index in [0.717, 1.165) is 5.56 Å². The SMILES string of the molecule is CNC(=O)c1cccc(-c2cn[nH]c(=O)c2)c1.O=c1cc(Cl)cn[nH]1. The van der Waals surface area contributed by atoms with E-state index in [0.29, 0.717) is 16.1 Å². The predicted octanol–water partition coefficient (Wildman–Crippen LogP) is 1.22. The molecule has 3 N–H and O–H groups in total. The van der Waals surface area contributed by atoms with Gasteiger partial charge in [0.2, 0.25) is 0 Å². The van der Waals surface area contributed by atoms with Gasteiger partial charge in [-0.3, -0.25) is 14.4 Å². The molecule has 0 saturated carbocycles. The third kappa shape index (κ3) is 5.40. The molecule has 0 bridgehead atoms. The second kappa shape index (κ2) is 8.55. The molecule has 1 aromatic carbocycles. The minimum absolute atomic E-state index is 0.162. The average molecular weight is 360 g/mol. The lowest BCUT2D eigenvalue weighted by Crippen LogP contribution is -2.17. The third-order valence-corrected chi connectivity index (χ3v) is 3.19. The molecule has 0 fully saturated rings. The van der Waals surface area contributed by atoms with E-state index in [1.165, 1.54) is 18.3 Å². The number of H-pyrrole nitrogens is 2. The van der Waals surface area contributed by atoms with Crippen LogP contribution in [0.25, 0.3) is 11.1 Å². The van der Waals surface area contributed by atoms with Crippen molar-refractivity contribution >= 4 is 17.5 Å². The van der Waals surface area contributed by atoms with E-state index >= 15 is 0 Å². The topological polar surface area (TPSA) is 121 Å². The lowest BCUT2D eigenvalue weighted by molar-refractivity contribution is 0.0963. The van der Waals surface area contributed by atoms with Gasteiger partial charge in [0.1, 0.15) is 0 Å². The first-order chi connectivity index (χ1) is 12.0. The number of aromatic nitrogens is 4. The number of hydrogen-bond donors (Lipinski definition) is 3. The number of halogens is 1. The number of nitrogens with one attached hydrogen (secondary N) is 3. The molecule has 0 radical (unpaired) electrons. The van der Waals surface area contributed by atoms with E-state index in [1.54, 1.807) is 31.4 Å². The Hall–Kier alpha value is -3.26. The zero-order chi connectivity index (χ0) is 18.2. The van der Waals surface area contributed by atoms with Gasteiger partial charge in [-0.2, -0.15) is 10.2 Å². The fourth-order valence-corrected chi connectivity index (χ4v) is 2.02. The van der Waals surface area contributed by atoms with Crippen molar-refractivity contribution < 1.29 is 4.79 Å². The van der Waals surface area contributed by atoms with Gasteiger partial charge in [0.05, 0.1) is 17.4 Å². The maximum absolute atomic E-state index is 11.5. The van der Waals surface area contributed by atoms with Crippen LogP contribution in [-0.2, 0) is 0 Å². The van der Waals surface area contributed by atoms with Crippen LogP contribution in [0.15, 0.2) is 58.4 Å². The van der Waals surface area contributed by atoms with Crippen molar-refractivity contribution in [3.05, 3.63) is 80.1 Å². The van der Waals surface area contributed by atoms with Crippen molar-refractivity contribution in [1.82, 2.24) is 25.7 Å². The van der Waals surface area contributed by atoms with Crippen LogP contribution in [0.5, 0.6) is 0 Å². The molecule has 8 nitrogen and oxygen atoms in total. The highest BCUT2D eigenvalue weighted by Crippen LogP contribution is 2.17. The van der Waals surface area contributed by atoms with Crippen molar-refractivity contribution in [2.24, 2.45) is 0 Å². The molecule has 25 heavy (non-hydrogen) atoms. The van der Waals surface area contributed by atoms with Gasteiger partial charge >= 0.3 is 0 Å². The van der Waals surface area contributed by atoms with E-state index in [-0.39, 0.29) is 17.0 Å². The maximum Gasteiger partial charge on any atom is 0.265 e. The smallest absolute Gasteiger partial charge is 0.265 e. The number of hydrogen-bond acceptors (Lipinski definition) is 5. The summed E-state index contributed by atoms with van der Waals surface area (Å²) in [6.07, 6.45) is 2.91. The Bertz CT molecular complexity index is 983. The van der Waals surface area contributed by atoms with Gasteiger partial charge in [-0.15, -0.1) is 0 Å². The van der Waals surface area contributed by atoms with Gasteiger partial charge in [0.15, 0.2) is 0 Å². The second-order valence-electron chi connectivity index (χ2n) is 4.76. The van der Waals surface area contributed by atoms with Gasteiger partial charge in [-0.05, 0) is 17.7 Å². The Labute approximate surface area is 146 Å². The number of carbonyl (C=O) groups excluding carboxylic acids is 1. The Morgan fingerprint density at radius 1 is 1.00 bits per heavy atom. The monoisotopic (exact) mass is 359 g/mol. The van der Waals surface area contributed by atoms with Crippen molar-refractivity contribution in [2.75, 3.05) is 7.05 Å². The highest BCUT2D eigenvalue weighted by Gasteiger charge is 2.05. The molecule has 2 aromatic heterocycles. The highest BCUT2D eigenvalue weighted by atomic mass is 35.5. The van der Waals surface area contributed by atoms with Crippen LogP contribution >= 0.6 is 11.6 Å². The lowest BCUT2D eigenvalue weighted by atomic mass is 10.1. The van der Waals surface area contributed by atoms with Crippen LogP contribution in [0.3, 0.4) is 0 Å². The average Bonchev–Trinajstić information content (AvgIpc) is 2.61. The second-order valence-corrected chi connectivity index (χ2v) is 5.19. The summed E-state index contributed by atoms with van der Waals surface area (Å²) in [6.45, 7) is 0. The summed E-state index contributed by atoms with van der Waals surface area (Å²) < 4.78 is 0. The zero-order valence-electron chi connectivity index (χ0n) is 13.1. The summed E-state index contributed by atoms with van der Waals surface area (Å²) in [5.74, 6) is -0.162. The van der Waals surface area contributed by atoms with Crippen LogP contribution in [0.2, 0.25) is 5.02 Å². The molecule has 0 aliphatic heterocycles. The molecule has 1 amide bonds. The first kappa shape index (κ1) is 18.1. The summed E-state index contributed by atoms with van der Waals surface area (Å²) >= 11 is 5.36. The quantitative estimate of drug-likeness (QED) is 0.635. The van der Waals surface area contributed by atoms with Gasteiger partial charge in [0.25, 0.3) is 17.0 Å². The van der Waals surface area contributed by atoms with Gasteiger partial charge in [0, 0.05) is 30.3 Å². The fraction of sp³-hybridized carbons (Fsp3) is 0.0625. The standard InChI is InChI=1S/C12H11N3O2.C4H3ClN2O/c1-13-12(17)9-4-2-3-8(5-9)10-6-11(16)15-14-7-10;5-3-1-4(8)7-6-2-3/h2-7H,1H3,(H,13,17)(H,15,16);1-2H,(H,7,8). The molecule has 0 spiro atoms. The first-order valence-electron chi connectivity index (χ1n) is 7.07. The largest absolute Gasteiger partial charge is 0.355 e. The molecule has 0 aliphatic rings. The zero-order valence-corrected chi connectivity index (χ0v) is 13.9. The van der Waals surface area contributed by atoms with Crippen LogP contribution in [0.4, 0.5) is 0 Å². The number of rotatable bonds is 2. The molecule has 3 rings (SSSR count). The Morgan fingerprint density at radius 2 is 1.68 bits per heavy atom. The van der Waals surface area contributed by atoms with Crippen molar-refractivity contribution in [1.29, 1.82) is 0 Å². The molecule has 128 valence electrons. The summed E-state index contributed by atoms with van der Waals surface area (Å²) in [7, 11) is 1.57. The van der Waals surface area contributed by atoms with Crippen molar-refractivity contribution in [3.8, 4) is 11.1 Å². The van der Waals surface area contributed by atoms with Gasteiger partial charge < -0.3 is 5.32 Å². The van der Waals surface area contributed by atoms with E-state index in [2.05, 4.69) is 25.7 Å². The number of aromatic amines is 2. The minimum atomic E-state index is -0.280. The van der Waals surface area contributed by atoms with Crippen LogP contribution in [-0.4, -0.2) is 33.3 Å². The Balaban J connectivity index is 0.000000236. The molecule has 3 aromatic rings. The van der Waals surface area contributed by atoms with Gasteiger partial charge in [-0.25, -0.2) is 10.2 Å². The number of carbonyl (C=O) groups is 1. The molecule has 0 aliphatic carbocycles.